The second kappa shape index (κ2) is 5.21. The fourth-order valence-corrected chi connectivity index (χ4v) is 3.08. The summed E-state index contributed by atoms with van der Waals surface area (Å²) in [6.45, 7) is 6.20. The lowest BCUT2D eigenvalue weighted by Crippen LogP contribution is -2.36. The van der Waals surface area contributed by atoms with Crippen LogP contribution in [-0.2, 0) is 4.74 Å². The fraction of sp³-hybridized carbons (Fsp3) is 0.909. The quantitative estimate of drug-likeness (QED) is 0.783. The van der Waals surface area contributed by atoms with E-state index >= 15 is 0 Å². The minimum atomic E-state index is 0.389. The van der Waals surface area contributed by atoms with Gasteiger partial charge in [0.15, 0.2) is 5.17 Å². The van der Waals surface area contributed by atoms with Gasteiger partial charge in [-0.05, 0) is 26.7 Å². The van der Waals surface area contributed by atoms with Crippen molar-refractivity contribution in [2.24, 2.45) is 10.9 Å². The van der Waals surface area contributed by atoms with Crippen LogP contribution >= 0.6 is 11.8 Å². The van der Waals surface area contributed by atoms with Gasteiger partial charge in [-0.15, -0.1) is 0 Å². The number of thioether (sulfide) groups is 1. The van der Waals surface area contributed by atoms with Crippen LogP contribution in [0.1, 0.15) is 26.7 Å². The second-order valence-electron chi connectivity index (χ2n) is 4.45. The molecule has 1 N–H and O–H groups in total. The fourth-order valence-electron chi connectivity index (χ4n) is 1.96. The van der Waals surface area contributed by atoms with Gasteiger partial charge in [-0.25, -0.2) is 0 Å². The number of nitrogens with one attached hydrogen (secondary N) is 1. The Morgan fingerprint density at radius 2 is 2.33 bits per heavy atom. The highest BCUT2D eigenvalue weighted by molar-refractivity contribution is 8.13. The van der Waals surface area contributed by atoms with Crippen LogP contribution in [-0.4, -0.2) is 36.2 Å². The first-order valence-electron chi connectivity index (χ1n) is 5.81. The largest absolute Gasteiger partial charge is 0.378 e. The van der Waals surface area contributed by atoms with Gasteiger partial charge in [0.2, 0.25) is 0 Å². The predicted molar refractivity (Wildman–Crippen MR) is 65.5 cm³/mol. The smallest absolute Gasteiger partial charge is 0.156 e. The zero-order valence-corrected chi connectivity index (χ0v) is 10.3. The summed E-state index contributed by atoms with van der Waals surface area (Å²) >= 11 is 1.85. The Hall–Kier alpha value is -0.220. The molecule has 2 saturated heterocycles. The highest BCUT2D eigenvalue weighted by Crippen LogP contribution is 2.21. The maximum Gasteiger partial charge on any atom is 0.156 e. The van der Waals surface area contributed by atoms with Crippen molar-refractivity contribution in [1.29, 1.82) is 0 Å². The van der Waals surface area contributed by atoms with E-state index in [1.807, 2.05) is 11.8 Å². The lowest BCUT2D eigenvalue weighted by Gasteiger charge is -2.22. The van der Waals surface area contributed by atoms with E-state index in [1.54, 1.807) is 0 Å². The molecule has 2 rings (SSSR count). The van der Waals surface area contributed by atoms with Crippen molar-refractivity contribution in [1.82, 2.24) is 5.32 Å². The lowest BCUT2D eigenvalue weighted by molar-refractivity contribution is 0.107. The third-order valence-electron chi connectivity index (χ3n) is 3.16. The third kappa shape index (κ3) is 3.11. The Labute approximate surface area is 96.1 Å². The van der Waals surface area contributed by atoms with E-state index in [4.69, 9.17) is 4.74 Å². The van der Waals surface area contributed by atoms with Gasteiger partial charge in [0.05, 0.1) is 6.10 Å². The molecule has 2 aliphatic rings. The van der Waals surface area contributed by atoms with Gasteiger partial charge in [-0.2, -0.15) is 0 Å². The highest BCUT2D eigenvalue weighted by Gasteiger charge is 2.24. The average Bonchev–Trinajstić information content (AvgIpc) is 2.61. The van der Waals surface area contributed by atoms with Crippen LogP contribution in [0.3, 0.4) is 0 Å². The number of hydrogen-bond acceptors (Lipinski definition) is 3. The molecule has 86 valence electrons. The molecule has 2 fully saturated rings. The molecule has 0 aromatic carbocycles. The maximum absolute atomic E-state index is 5.53. The van der Waals surface area contributed by atoms with Crippen LogP contribution in [0.5, 0.6) is 0 Å². The van der Waals surface area contributed by atoms with Gasteiger partial charge in [-0.1, -0.05) is 11.8 Å². The summed E-state index contributed by atoms with van der Waals surface area (Å²) in [5.41, 5.74) is 0. The molecule has 2 heterocycles. The van der Waals surface area contributed by atoms with Crippen molar-refractivity contribution in [3.8, 4) is 0 Å². The lowest BCUT2D eigenvalue weighted by atomic mass is 10.0. The molecule has 0 radical (unpaired) electrons. The molecule has 0 amide bonds. The molecule has 2 aliphatic heterocycles. The van der Waals surface area contributed by atoms with Crippen molar-refractivity contribution < 1.29 is 4.74 Å². The molecular weight excluding hydrogens is 208 g/mol. The standard InChI is InChI=1S/C11H20N2OS/c1-8-4-6-15-11(13-8)12-7-10-3-5-14-9(10)2/h8-10H,3-7H2,1-2H3,(H,12,13). The topological polar surface area (TPSA) is 33.6 Å². The van der Waals surface area contributed by atoms with Crippen LogP contribution in [0.25, 0.3) is 0 Å². The normalized spacial score (nSPS) is 39.3. The summed E-state index contributed by atoms with van der Waals surface area (Å²) in [6, 6.07) is 0.585. The summed E-state index contributed by atoms with van der Waals surface area (Å²) in [7, 11) is 0. The van der Waals surface area contributed by atoms with Gasteiger partial charge >= 0.3 is 0 Å². The molecule has 0 aromatic rings. The SMILES string of the molecule is CC1CCSC(=NCC2CCOC2C)N1. The third-order valence-corrected chi connectivity index (χ3v) is 4.12. The molecule has 0 aromatic heterocycles. The van der Waals surface area contributed by atoms with Gasteiger partial charge in [0.25, 0.3) is 0 Å². The average molecular weight is 228 g/mol. The second-order valence-corrected chi connectivity index (χ2v) is 5.54. The molecule has 0 bridgehead atoms. The molecule has 15 heavy (non-hydrogen) atoms. The van der Waals surface area contributed by atoms with Crippen molar-refractivity contribution in [3.63, 3.8) is 0 Å². The summed E-state index contributed by atoms with van der Waals surface area (Å²) in [6.07, 6.45) is 2.80. The Morgan fingerprint density at radius 1 is 1.47 bits per heavy atom. The highest BCUT2D eigenvalue weighted by atomic mass is 32.2. The van der Waals surface area contributed by atoms with Crippen molar-refractivity contribution in [2.45, 2.75) is 38.8 Å². The summed E-state index contributed by atoms with van der Waals surface area (Å²) < 4.78 is 5.53. The zero-order chi connectivity index (χ0) is 10.7. The van der Waals surface area contributed by atoms with Crippen LogP contribution in [0.15, 0.2) is 4.99 Å². The van der Waals surface area contributed by atoms with E-state index in [2.05, 4.69) is 24.2 Å². The minimum absolute atomic E-state index is 0.389. The first kappa shape index (κ1) is 11.3. The Balaban J connectivity index is 1.82. The number of amidine groups is 1. The molecule has 0 aliphatic carbocycles. The summed E-state index contributed by atoms with van der Waals surface area (Å²) in [5, 5.41) is 4.56. The molecule has 3 atom stereocenters. The van der Waals surface area contributed by atoms with E-state index in [-0.39, 0.29) is 0 Å². The van der Waals surface area contributed by atoms with E-state index in [0.717, 1.165) is 24.7 Å². The van der Waals surface area contributed by atoms with Crippen LogP contribution in [0, 0.1) is 5.92 Å². The number of hydrogen-bond donors (Lipinski definition) is 1. The minimum Gasteiger partial charge on any atom is -0.378 e. The van der Waals surface area contributed by atoms with Crippen LogP contribution in [0.4, 0.5) is 0 Å². The van der Waals surface area contributed by atoms with Crippen molar-refractivity contribution in [2.75, 3.05) is 18.9 Å². The monoisotopic (exact) mass is 228 g/mol. The number of ether oxygens (including phenoxy) is 1. The molecule has 3 unspecified atom stereocenters. The summed E-state index contributed by atoms with van der Waals surface area (Å²) in [5.74, 6) is 1.82. The number of nitrogens with zero attached hydrogens (tertiary/aromatic N) is 1. The van der Waals surface area contributed by atoms with Crippen molar-refractivity contribution >= 4 is 16.9 Å². The maximum atomic E-state index is 5.53. The van der Waals surface area contributed by atoms with E-state index in [0.29, 0.717) is 18.1 Å². The predicted octanol–water partition coefficient (Wildman–Crippen LogP) is 1.88. The Bertz CT molecular complexity index is 245. The first-order chi connectivity index (χ1) is 7.25. The van der Waals surface area contributed by atoms with Crippen LogP contribution < -0.4 is 5.32 Å². The molecule has 4 heteroatoms. The van der Waals surface area contributed by atoms with Crippen LogP contribution in [0.2, 0.25) is 0 Å². The van der Waals surface area contributed by atoms with Gasteiger partial charge in [-0.3, -0.25) is 4.99 Å². The number of rotatable bonds is 2. The Morgan fingerprint density at radius 3 is 3.00 bits per heavy atom. The molecule has 0 saturated carbocycles. The molecular formula is C11H20N2OS. The van der Waals surface area contributed by atoms with Gasteiger partial charge < -0.3 is 10.1 Å². The van der Waals surface area contributed by atoms with E-state index in [1.165, 1.54) is 12.2 Å². The number of aliphatic imine (C=N–C) groups is 1. The van der Waals surface area contributed by atoms with Gasteiger partial charge in [0.1, 0.15) is 0 Å². The van der Waals surface area contributed by atoms with E-state index < -0.39 is 0 Å². The van der Waals surface area contributed by atoms with E-state index in [9.17, 15) is 0 Å². The van der Waals surface area contributed by atoms with Gasteiger partial charge in [0, 0.05) is 30.9 Å². The zero-order valence-electron chi connectivity index (χ0n) is 9.53. The molecule has 0 spiro atoms. The Kier molecular flexibility index (Phi) is 3.92. The summed E-state index contributed by atoms with van der Waals surface area (Å²) in [4.78, 5) is 4.65. The first-order valence-corrected chi connectivity index (χ1v) is 6.79. The molecule has 3 nitrogen and oxygen atoms in total. The van der Waals surface area contributed by atoms with Crippen molar-refractivity contribution in [3.05, 3.63) is 0 Å².